The molecule has 0 amide bonds. The molecule has 4 aliphatic rings. The number of hydrogen-bond acceptors (Lipinski definition) is 0. The van der Waals surface area contributed by atoms with Crippen LogP contribution >= 0.6 is 0 Å². The summed E-state index contributed by atoms with van der Waals surface area (Å²) in [6.45, 7) is 13.9. The number of allylic oxidation sites excluding steroid dienone is 8. The molecular formula is C39H38. The van der Waals surface area contributed by atoms with Crippen LogP contribution in [0, 0.1) is 72.0 Å². The van der Waals surface area contributed by atoms with Gasteiger partial charge < -0.3 is 0 Å². The predicted molar refractivity (Wildman–Crippen MR) is 164 cm³/mol. The Balaban J connectivity index is 1.66. The maximum atomic E-state index is 2.48. The van der Waals surface area contributed by atoms with E-state index in [9.17, 15) is 0 Å². The van der Waals surface area contributed by atoms with Crippen molar-refractivity contribution in [1.29, 1.82) is 0 Å². The molecule has 10 radical (unpaired) electrons. The molecular weight excluding hydrogens is 468 g/mol. The molecule has 0 spiro atoms. The minimum Gasteiger partial charge on any atom is -0.0752 e. The van der Waals surface area contributed by atoms with Crippen LogP contribution in [0.4, 0.5) is 0 Å². The van der Waals surface area contributed by atoms with Crippen molar-refractivity contribution < 1.29 is 0 Å². The maximum absolute atomic E-state index is 2.48. The molecule has 0 atom stereocenters. The third-order valence-electron chi connectivity index (χ3n) is 8.48. The Morgan fingerprint density at radius 2 is 0.872 bits per heavy atom. The molecule has 0 saturated heterocycles. The fourth-order valence-corrected chi connectivity index (χ4v) is 6.39. The molecule has 0 unspecified atom stereocenters. The highest BCUT2D eigenvalue weighted by atomic mass is 14.6. The largest absolute Gasteiger partial charge is 0.0752 e. The monoisotopic (exact) mass is 506 g/mol. The van der Waals surface area contributed by atoms with Gasteiger partial charge in [0.1, 0.15) is 0 Å². The quantitative estimate of drug-likeness (QED) is 0.387. The van der Waals surface area contributed by atoms with Crippen molar-refractivity contribution in [1.82, 2.24) is 0 Å². The zero-order chi connectivity index (χ0) is 27.4. The summed E-state index contributed by atoms with van der Waals surface area (Å²) in [5.41, 5.74) is 4.93. The molecule has 4 aliphatic carbocycles. The third-order valence-corrected chi connectivity index (χ3v) is 8.48. The Kier molecular flexibility index (Phi) is 6.68. The van der Waals surface area contributed by atoms with Crippen LogP contribution in [-0.4, -0.2) is 0 Å². The van der Waals surface area contributed by atoms with Gasteiger partial charge in [0.05, 0.1) is 0 Å². The summed E-state index contributed by atoms with van der Waals surface area (Å²) in [6.07, 6.45) is 23.3. The van der Waals surface area contributed by atoms with Gasteiger partial charge in [-0.15, -0.1) is 0 Å². The molecule has 6 rings (SSSR count). The first-order valence-corrected chi connectivity index (χ1v) is 14.1. The van der Waals surface area contributed by atoms with E-state index in [-0.39, 0.29) is 10.8 Å². The molecule has 194 valence electrons. The van der Waals surface area contributed by atoms with Crippen molar-refractivity contribution in [3.8, 4) is 0 Å². The lowest BCUT2D eigenvalue weighted by molar-refractivity contribution is 0.510. The molecule has 2 fully saturated rings. The summed E-state index contributed by atoms with van der Waals surface area (Å²) < 4.78 is 0. The fourth-order valence-electron chi connectivity index (χ4n) is 6.39. The second-order valence-corrected chi connectivity index (χ2v) is 13.1. The van der Waals surface area contributed by atoms with E-state index in [1.807, 2.05) is 0 Å². The van der Waals surface area contributed by atoms with Gasteiger partial charge in [0.15, 0.2) is 0 Å². The minimum absolute atomic E-state index is 0.0495. The molecule has 0 aromatic heterocycles. The van der Waals surface area contributed by atoms with Crippen molar-refractivity contribution in [2.45, 2.75) is 47.0 Å². The van der Waals surface area contributed by atoms with E-state index in [2.05, 4.69) is 164 Å². The summed E-state index contributed by atoms with van der Waals surface area (Å²) in [7, 11) is 0. The number of rotatable bonds is 4. The normalized spacial score (nSPS) is 22.2. The Morgan fingerprint density at radius 3 is 1.26 bits per heavy atom. The van der Waals surface area contributed by atoms with E-state index in [0.29, 0.717) is 0 Å². The Labute approximate surface area is 238 Å². The zero-order valence-electron chi connectivity index (χ0n) is 24.0. The Hall–Kier alpha value is -2.60. The van der Waals surface area contributed by atoms with E-state index in [0.717, 1.165) is 0 Å². The average Bonchev–Trinajstić information content (AvgIpc) is 3.57. The summed E-state index contributed by atoms with van der Waals surface area (Å²) in [6, 6.07) is 22.2. The zero-order valence-corrected chi connectivity index (χ0v) is 24.0. The average molecular weight is 507 g/mol. The van der Waals surface area contributed by atoms with E-state index < -0.39 is 5.41 Å². The first kappa shape index (κ1) is 26.6. The van der Waals surface area contributed by atoms with Gasteiger partial charge in [0.2, 0.25) is 0 Å². The van der Waals surface area contributed by atoms with Crippen molar-refractivity contribution in [3.63, 3.8) is 0 Å². The molecule has 0 heteroatoms. The van der Waals surface area contributed by atoms with Crippen LogP contribution in [0.15, 0.2) is 108 Å². The minimum atomic E-state index is -0.473. The lowest BCUT2D eigenvalue weighted by Gasteiger charge is -2.49. The molecule has 2 saturated carbocycles. The molecule has 39 heavy (non-hydrogen) atoms. The molecule has 2 aromatic carbocycles. The second-order valence-electron chi connectivity index (χ2n) is 13.1. The van der Waals surface area contributed by atoms with Crippen LogP contribution in [0.2, 0.25) is 0 Å². The summed E-state index contributed by atoms with van der Waals surface area (Å²) in [5, 5.41) is 0. The van der Waals surface area contributed by atoms with Gasteiger partial charge in [-0.05, 0) is 64.7 Å². The molecule has 0 bridgehead atoms. The molecule has 0 heterocycles. The van der Waals surface area contributed by atoms with Crippen LogP contribution < -0.4 is 0 Å². The Morgan fingerprint density at radius 1 is 0.462 bits per heavy atom. The van der Waals surface area contributed by atoms with E-state index in [1.165, 1.54) is 57.8 Å². The topological polar surface area (TPSA) is 0 Å². The predicted octanol–water partition coefficient (Wildman–Crippen LogP) is 9.35. The van der Waals surface area contributed by atoms with E-state index >= 15 is 0 Å². The van der Waals surface area contributed by atoms with Crippen LogP contribution in [0.3, 0.4) is 0 Å². The number of fused-ring (bicyclic) bond motifs is 3. The highest BCUT2D eigenvalue weighted by Gasteiger charge is 2.62. The lowest BCUT2D eigenvalue weighted by Crippen LogP contribution is -2.44. The van der Waals surface area contributed by atoms with Crippen LogP contribution in [0.5, 0.6) is 0 Å². The smallest absolute Gasteiger partial charge is 0.0351 e. The first-order valence-electron chi connectivity index (χ1n) is 14.1. The van der Waals surface area contributed by atoms with Crippen molar-refractivity contribution in [2.24, 2.45) is 10.8 Å². The molecule has 2 aromatic rings. The van der Waals surface area contributed by atoms with Crippen LogP contribution in [0.1, 0.15) is 52.7 Å². The molecule has 0 aliphatic heterocycles. The summed E-state index contributed by atoms with van der Waals surface area (Å²) in [5.74, 6) is 8.03. The molecule has 0 nitrogen and oxygen atoms in total. The van der Waals surface area contributed by atoms with Gasteiger partial charge >= 0.3 is 0 Å². The van der Waals surface area contributed by atoms with E-state index in [4.69, 9.17) is 0 Å². The highest BCUT2D eigenvalue weighted by Crippen LogP contribution is 2.69. The third kappa shape index (κ3) is 4.43. The summed E-state index contributed by atoms with van der Waals surface area (Å²) in [4.78, 5) is 0. The lowest BCUT2D eigenvalue weighted by atomic mass is 9.53. The second kappa shape index (κ2) is 9.79. The Bertz CT molecular complexity index is 1190. The SMILES string of the molecule is CC(C)(C)C1=C[C]2[C](C=C1)[C]1C=CC(C(C)(C)C)=C[C]1[C]2C([C]1[CH][CH][CH][CH]1)(c1ccccc1)c1ccccc1. The highest BCUT2D eigenvalue weighted by molar-refractivity contribution is 5.84. The van der Waals surface area contributed by atoms with Crippen molar-refractivity contribution in [2.75, 3.05) is 0 Å². The molecule has 0 N–H and O–H groups in total. The van der Waals surface area contributed by atoms with Gasteiger partial charge in [-0.1, -0.05) is 139 Å². The van der Waals surface area contributed by atoms with E-state index in [1.54, 1.807) is 0 Å². The van der Waals surface area contributed by atoms with Gasteiger partial charge in [-0.3, -0.25) is 0 Å². The number of hydrogen-bond donors (Lipinski definition) is 0. The number of benzene rings is 2. The first-order chi connectivity index (χ1) is 18.6. The summed E-state index contributed by atoms with van der Waals surface area (Å²) >= 11 is 0. The van der Waals surface area contributed by atoms with Gasteiger partial charge in [0.25, 0.3) is 0 Å². The fraction of sp³-hybridized carbons (Fsp3) is 0.231. The maximum Gasteiger partial charge on any atom is 0.0351 e. The standard InChI is InChI=1S/C39H38/c1-37(2,3)30-21-23-32-33-24-22-31(38(4,5)6)26-35(33)36(34(32)25-30)39(29-19-13-14-20-29,27-15-9-7-10-16-27)28-17-11-8-12-18-28/h7-26H,1-6H3. The van der Waals surface area contributed by atoms with Crippen LogP contribution in [0.25, 0.3) is 0 Å². The van der Waals surface area contributed by atoms with Crippen molar-refractivity contribution in [3.05, 3.63) is 181 Å². The van der Waals surface area contributed by atoms with Gasteiger partial charge in [-0.2, -0.15) is 0 Å². The van der Waals surface area contributed by atoms with Gasteiger partial charge in [-0.25, -0.2) is 0 Å². The van der Waals surface area contributed by atoms with Crippen LogP contribution in [-0.2, 0) is 5.41 Å². The van der Waals surface area contributed by atoms with Crippen molar-refractivity contribution >= 4 is 0 Å². The van der Waals surface area contributed by atoms with Gasteiger partial charge in [0, 0.05) is 35.0 Å².